The molecule has 0 radical (unpaired) electrons. The summed E-state index contributed by atoms with van der Waals surface area (Å²) in [5, 5.41) is 4.36. The second-order valence-corrected chi connectivity index (χ2v) is 5.12. The van der Waals surface area contributed by atoms with Gasteiger partial charge >= 0.3 is 5.97 Å². The molecule has 7 heteroatoms. The summed E-state index contributed by atoms with van der Waals surface area (Å²) in [5.41, 5.74) is 0.506. The van der Waals surface area contributed by atoms with E-state index in [4.69, 9.17) is 16.3 Å². The molecule has 0 N–H and O–H groups in total. The lowest BCUT2D eigenvalue weighted by Crippen LogP contribution is -2.17. The van der Waals surface area contributed by atoms with Crippen molar-refractivity contribution in [2.24, 2.45) is 0 Å². The van der Waals surface area contributed by atoms with Crippen molar-refractivity contribution in [1.29, 1.82) is 0 Å². The zero-order valence-corrected chi connectivity index (χ0v) is 13.4. The normalized spacial score (nSPS) is 12.2. The van der Waals surface area contributed by atoms with Crippen LogP contribution in [0.2, 0.25) is 5.02 Å². The van der Waals surface area contributed by atoms with Crippen LogP contribution >= 0.6 is 11.6 Å². The molecule has 0 bridgehead atoms. The zero-order chi connectivity index (χ0) is 16.3. The van der Waals surface area contributed by atoms with Crippen LogP contribution < -0.4 is 0 Å². The van der Waals surface area contributed by atoms with Gasteiger partial charge in [0.25, 0.3) is 0 Å². The van der Waals surface area contributed by atoms with Crippen LogP contribution in [0.1, 0.15) is 32.5 Å². The molecule has 0 saturated heterocycles. The molecule has 118 valence electrons. The van der Waals surface area contributed by atoms with Crippen LogP contribution in [-0.2, 0) is 16.1 Å². The summed E-state index contributed by atoms with van der Waals surface area (Å²) < 4.78 is 20.2. The number of halogens is 2. The summed E-state index contributed by atoms with van der Waals surface area (Å²) >= 11 is 5.68. The van der Waals surface area contributed by atoms with Gasteiger partial charge in [0.1, 0.15) is 17.6 Å². The molecule has 1 heterocycles. The molecule has 5 nitrogen and oxygen atoms in total. The Morgan fingerprint density at radius 2 is 2.18 bits per heavy atom. The van der Waals surface area contributed by atoms with Gasteiger partial charge in [-0.1, -0.05) is 11.6 Å². The Kier molecular flexibility index (Phi) is 5.13. The Morgan fingerprint density at radius 3 is 2.77 bits per heavy atom. The largest absolute Gasteiger partial charge is 0.465 e. The number of esters is 1. The summed E-state index contributed by atoms with van der Waals surface area (Å²) in [5.74, 6) is -0.599. The summed E-state index contributed by atoms with van der Waals surface area (Å²) in [6.45, 7) is 6.20. The number of carbonyl (C=O) groups is 1. The zero-order valence-electron chi connectivity index (χ0n) is 12.6. The maximum absolute atomic E-state index is 13.6. The highest BCUT2D eigenvalue weighted by Crippen LogP contribution is 2.24. The molecule has 1 unspecified atom stereocenters. The van der Waals surface area contributed by atoms with Gasteiger partial charge in [0.05, 0.1) is 11.6 Å². The molecule has 1 aromatic heterocycles. The van der Waals surface area contributed by atoms with E-state index in [1.54, 1.807) is 24.6 Å². The van der Waals surface area contributed by atoms with Crippen molar-refractivity contribution in [3.8, 4) is 11.4 Å². The van der Waals surface area contributed by atoms with Crippen LogP contribution in [0, 0.1) is 5.82 Å². The van der Waals surface area contributed by atoms with E-state index in [2.05, 4.69) is 10.1 Å². The number of hydrogen-bond acceptors (Lipinski definition) is 4. The minimum Gasteiger partial charge on any atom is -0.465 e. The van der Waals surface area contributed by atoms with E-state index in [9.17, 15) is 9.18 Å². The van der Waals surface area contributed by atoms with Crippen LogP contribution in [0.4, 0.5) is 4.39 Å². The second-order valence-electron chi connectivity index (χ2n) is 4.71. The predicted molar refractivity (Wildman–Crippen MR) is 81.1 cm³/mol. The highest BCUT2D eigenvalue weighted by molar-refractivity contribution is 6.30. The van der Waals surface area contributed by atoms with Gasteiger partial charge in [0.2, 0.25) is 0 Å². The van der Waals surface area contributed by atoms with E-state index in [0.717, 1.165) is 0 Å². The molecular weight excluding hydrogens is 309 g/mol. The van der Waals surface area contributed by atoms with Crippen molar-refractivity contribution in [3.05, 3.63) is 34.9 Å². The number of aryl methyl sites for hydroxylation is 1. The summed E-state index contributed by atoms with van der Waals surface area (Å²) in [6.07, 6.45) is 0. The number of benzene rings is 1. The van der Waals surface area contributed by atoms with Crippen molar-refractivity contribution in [2.75, 3.05) is 6.61 Å². The van der Waals surface area contributed by atoms with E-state index in [0.29, 0.717) is 30.4 Å². The quantitative estimate of drug-likeness (QED) is 0.790. The highest BCUT2D eigenvalue weighted by atomic mass is 35.5. The number of nitrogens with zero attached hydrogens (tertiary/aromatic N) is 3. The lowest BCUT2D eigenvalue weighted by atomic mass is 10.1. The molecule has 0 aliphatic heterocycles. The molecule has 0 aliphatic carbocycles. The number of hydrogen-bond donors (Lipinski definition) is 0. The van der Waals surface area contributed by atoms with E-state index < -0.39 is 11.7 Å². The molecule has 1 atom stereocenters. The third-order valence-corrected chi connectivity index (χ3v) is 3.51. The van der Waals surface area contributed by atoms with Crippen molar-refractivity contribution < 1.29 is 13.9 Å². The number of aromatic nitrogens is 3. The first-order valence-electron chi connectivity index (χ1n) is 7.04. The number of ether oxygens (including phenoxy) is 1. The monoisotopic (exact) mass is 325 g/mol. The van der Waals surface area contributed by atoms with Crippen LogP contribution in [0.3, 0.4) is 0 Å². The average molecular weight is 326 g/mol. The van der Waals surface area contributed by atoms with Gasteiger partial charge in [-0.25, -0.2) is 14.1 Å². The fourth-order valence-electron chi connectivity index (χ4n) is 2.04. The first-order valence-corrected chi connectivity index (χ1v) is 7.42. The Labute approximate surface area is 133 Å². The first-order chi connectivity index (χ1) is 10.5. The van der Waals surface area contributed by atoms with Gasteiger partial charge in [-0.05, 0) is 39.0 Å². The maximum Gasteiger partial charge on any atom is 0.316 e. The second kappa shape index (κ2) is 6.87. The Bertz CT molecular complexity index is 687. The van der Waals surface area contributed by atoms with Crippen LogP contribution in [-0.4, -0.2) is 27.3 Å². The first kappa shape index (κ1) is 16.4. The number of rotatable bonds is 5. The Balaban J connectivity index is 2.39. The third-order valence-electron chi connectivity index (χ3n) is 3.21. The van der Waals surface area contributed by atoms with Gasteiger partial charge in [-0.3, -0.25) is 4.79 Å². The smallest absolute Gasteiger partial charge is 0.316 e. The van der Waals surface area contributed by atoms with Crippen molar-refractivity contribution >= 4 is 17.6 Å². The summed E-state index contributed by atoms with van der Waals surface area (Å²) in [4.78, 5) is 16.2. The predicted octanol–water partition coefficient (Wildman–Crippen LogP) is 3.42. The standard InChI is InChI=1S/C15H17ClFN3O2/c1-4-20-14(9(3)15(21)22-5-2)18-13(19-20)10-6-7-11(16)12(17)8-10/h6-9H,4-5H2,1-3H3. The molecule has 0 fully saturated rings. The molecule has 22 heavy (non-hydrogen) atoms. The lowest BCUT2D eigenvalue weighted by molar-refractivity contribution is -0.144. The van der Waals surface area contributed by atoms with Gasteiger partial charge < -0.3 is 4.74 Å². The Hall–Kier alpha value is -1.95. The molecule has 2 rings (SSSR count). The van der Waals surface area contributed by atoms with Crippen molar-refractivity contribution in [2.45, 2.75) is 33.2 Å². The van der Waals surface area contributed by atoms with Gasteiger partial charge in [0.15, 0.2) is 5.82 Å². The summed E-state index contributed by atoms with van der Waals surface area (Å²) in [7, 11) is 0. The van der Waals surface area contributed by atoms with Crippen molar-refractivity contribution in [3.63, 3.8) is 0 Å². The highest BCUT2D eigenvalue weighted by Gasteiger charge is 2.24. The molecule has 0 amide bonds. The molecule has 2 aromatic rings. The molecular formula is C15H17ClFN3O2. The average Bonchev–Trinajstić information content (AvgIpc) is 2.93. The van der Waals surface area contributed by atoms with Crippen LogP contribution in [0.25, 0.3) is 11.4 Å². The minimum absolute atomic E-state index is 0.0405. The van der Waals surface area contributed by atoms with Gasteiger partial charge in [-0.2, -0.15) is 5.10 Å². The third kappa shape index (κ3) is 3.27. The van der Waals surface area contributed by atoms with E-state index in [1.807, 2.05) is 6.92 Å². The number of carbonyl (C=O) groups excluding carboxylic acids is 1. The van der Waals surface area contributed by atoms with E-state index >= 15 is 0 Å². The van der Waals surface area contributed by atoms with E-state index in [-0.39, 0.29) is 11.0 Å². The topological polar surface area (TPSA) is 57.0 Å². The minimum atomic E-state index is -0.543. The maximum atomic E-state index is 13.6. The summed E-state index contributed by atoms with van der Waals surface area (Å²) in [6, 6.07) is 4.36. The SMILES string of the molecule is CCOC(=O)C(C)c1nc(-c2ccc(Cl)c(F)c2)nn1CC. The van der Waals surface area contributed by atoms with Crippen molar-refractivity contribution in [1.82, 2.24) is 14.8 Å². The van der Waals surface area contributed by atoms with Crippen LogP contribution in [0.5, 0.6) is 0 Å². The molecule has 0 spiro atoms. The Morgan fingerprint density at radius 1 is 1.45 bits per heavy atom. The van der Waals surface area contributed by atoms with E-state index in [1.165, 1.54) is 12.1 Å². The fourth-order valence-corrected chi connectivity index (χ4v) is 2.15. The van der Waals surface area contributed by atoms with Crippen LogP contribution in [0.15, 0.2) is 18.2 Å². The molecule has 1 aromatic carbocycles. The molecule has 0 saturated carbocycles. The lowest BCUT2D eigenvalue weighted by Gasteiger charge is -2.10. The fraction of sp³-hybridized carbons (Fsp3) is 0.400. The molecule has 0 aliphatic rings. The van der Waals surface area contributed by atoms with Gasteiger partial charge in [-0.15, -0.1) is 0 Å². The van der Waals surface area contributed by atoms with Gasteiger partial charge in [0, 0.05) is 12.1 Å².